The zero-order valence-electron chi connectivity index (χ0n) is 15.5. The molecule has 1 saturated heterocycles. The standard InChI is InChI=1S/C18H25N5O3S/c1-13(14-3-4-16-15(11-14)20-17(24)12-26-16)21-22-18(27)19-5-2-6-23-7-9-25-10-8-23/h3-4,11H,2,5-10,12H2,1H3,(H,20,24)(H2,19,22,27)/p+1/b21-13-. The van der Waals surface area contributed by atoms with Crippen LogP contribution in [0.15, 0.2) is 23.3 Å². The number of hydrogen-bond donors (Lipinski definition) is 4. The molecule has 1 fully saturated rings. The molecule has 0 atom stereocenters. The number of amides is 1. The van der Waals surface area contributed by atoms with E-state index in [4.69, 9.17) is 21.7 Å². The predicted molar refractivity (Wildman–Crippen MR) is 108 cm³/mol. The molecule has 2 aliphatic rings. The monoisotopic (exact) mass is 392 g/mol. The van der Waals surface area contributed by atoms with Gasteiger partial charge in [-0.1, -0.05) is 0 Å². The zero-order chi connectivity index (χ0) is 19.1. The summed E-state index contributed by atoms with van der Waals surface area (Å²) in [6.07, 6.45) is 1.05. The average Bonchev–Trinajstić information content (AvgIpc) is 2.69. The topological polar surface area (TPSA) is 88.4 Å². The van der Waals surface area contributed by atoms with Gasteiger partial charge in [-0.2, -0.15) is 5.10 Å². The highest BCUT2D eigenvalue weighted by Gasteiger charge is 2.16. The highest BCUT2D eigenvalue weighted by Crippen LogP contribution is 2.28. The highest BCUT2D eigenvalue weighted by atomic mass is 32.1. The predicted octanol–water partition coefficient (Wildman–Crippen LogP) is -0.489. The lowest BCUT2D eigenvalue weighted by atomic mass is 10.1. The number of carbonyl (C=O) groups excluding carboxylic acids is 1. The number of rotatable bonds is 6. The number of quaternary nitrogens is 1. The number of hydrazone groups is 1. The van der Waals surface area contributed by atoms with E-state index in [9.17, 15) is 4.79 Å². The van der Waals surface area contributed by atoms with Crippen molar-refractivity contribution in [3.05, 3.63) is 23.8 Å². The second-order valence-electron chi connectivity index (χ2n) is 6.58. The van der Waals surface area contributed by atoms with Crippen LogP contribution >= 0.6 is 12.2 Å². The Bertz CT molecular complexity index is 719. The molecule has 0 unspecified atom stereocenters. The van der Waals surface area contributed by atoms with Gasteiger partial charge in [0.05, 0.1) is 31.2 Å². The third-order valence-corrected chi connectivity index (χ3v) is 4.78. The molecule has 2 aliphatic heterocycles. The van der Waals surface area contributed by atoms with E-state index in [1.165, 1.54) is 0 Å². The first-order chi connectivity index (χ1) is 13.1. The number of fused-ring (bicyclic) bond motifs is 1. The van der Waals surface area contributed by atoms with E-state index in [0.29, 0.717) is 16.5 Å². The van der Waals surface area contributed by atoms with Crippen LogP contribution in [-0.4, -0.2) is 62.7 Å². The summed E-state index contributed by atoms with van der Waals surface area (Å²) in [6.45, 7) is 7.73. The lowest BCUT2D eigenvalue weighted by Gasteiger charge is -2.23. The molecule has 27 heavy (non-hydrogen) atoms. The normalized spacial score (nSPS) is 17.5. The third-order valence-electron chi connectivity index (χ3n) is 4.55. The summed E-state index contributed by atoms with van der Waals surface area (Å²) in [7, 11) is 0. The average molecular weight is 393 g/mol. The molecule has 0 radical (unpaired) electrons. The van der Waals surface area contributed by atoms with E-state index in [0.717, 1.165) is 57.1 Å². The quantitative estimate of drug-likeness (QED) is 0.226. The van der Waals surface area contributed by atoms with E-state index >= 15 is 0 Å². The van der Waals surface area contributed by atoms with Crippen LogP contribution in [0.25, 0.3) is 0 Å². The van der Waals surface area contributed by atoms with Crippen molar-refractivity contribution in [2.45, 2.75) is 13.3 Å². The first-order valence-electron chi connectivity index (χ1n) is 9.18. The molecule has 1 aromatic carbocycles. The summed E-state index contributed by atoms with van der Waals surface area (Å²) in [6, 6.07) is 5.57. The fraction of sp³-hybridized carbons (Fsp3) is 0.500. The minimum atomic E-state index is -0.156. The number of nitrogens with zero attached hydrogens (tertiary/aromatic N) is 1. The van der Waals surface area contributed by atoms with E-state index in [2.05, 4.69) is 21.2 Å². The van der Waals surface area contributed by atoms with Gasteiger partial charge in [-0.3, -0.25) is 10.2 Å². The summed E-state index contributed by atoms with van der Waals surface area (Å²) in [4.78, 5) is 13.0. The molecular formula is C18H26N5O3S+. The van der Waals surface area contributed by atoms with Gasteiger partial charge in [0.1, 0.15) is 18.8 Å². The lowest BCUT2D eigenvalue weighted by Crippen LogP contribution is -3.14. The van der Waals surface area contributed by atoms with Gasteiger partial charge in [0.25, 0.3) is 5.91 Å². The minimum Gasteiger partial charge on any atom is -0.482 e. The smallest absolute Gasteiger partial charge is 0.262 e. The van der Waals surface area contributed by atoms with Gasteiger partial charge in [0, 0.05) is 13.0 Å². The summed E-state index contributed by atoms with van der Waals surface area (Å²) in [5.74, 6) is 0.510. The molecule has 0 aliphatic carbocycles. The number of benzene rings is 1. The largest absolute Gasteiger partial charge is 0.482 e. The fourth-order valence-electron chi connectivity index (χ4n) is 3.00. The molecule has 4 N–H and O–H groups in total. The molecular weight excluding hydrogens is 366 g/mol. The molecule has 1 aromatic rings. The highest BCUT2D eigenvalue weighted by molar-refractivity contribution is 7.80. The molecule has 146 valence electrons. The van der Waals surface area contributed by atoms with Crippen LogP contribution in [0.3, 0.4) is 0 Å². The Labute approximate surface area is 164 Å². The molecule has 1 amide bonds. The van der Waals surface area contributed by atoms with E-state index in [1.807, 2.05) is 25.1 Å². The Morgan fingerprint density at radius 1 is 1.37 bits per heavy atom. The van der Waals surface area contributed by atoms with Gasteiger partial charge in [-0.25, -0.2) is 0 Å². The van der Waals surface area contributed by atoms with Gasteiger partial charge < -0.3 is 25.0 Å². The molecule has 9 heteroatoms. The molecule has 0 spiro atoms. The van der Waals surface area contributed by atoms with Crippen LogP contribution in [0, 0.1) is 0 Å². The van der Waals surface area contributed by atoms with Crippen LogP contribution < -0.4 is 25.7 Å². The van der Waals surface area contributed by atoms with Crippen molar-refractivity contribution in [1.29, 1.82) is 0 Å². The van der Waals surface area contributed by atoms with Crippen molar-refractivity contribution < 1.29 is 19.2 Å². The van der Waals surface area contributed by atoms with E-state index in [-0.39, 0.29) is 12.5 Å². The van der Waals surface area contributed by atoms with Crippen molar-refractivity contribution in [1.82, 2.24) is 10.7 Å². The number of anilines is 1. The van der Waals surface area contributed by atoms with Crippen molar-refractivity contribution in [2.75, 3.05) is 51.3 Å². The second-order valence-corrected chi connectivity index (χ2v) is 6.99. The second kappa shape index (κ2) is 9.63. The van der Waals surface area contributed by atoms with Gasteiger partial charge in [0.2, 0.25) is 0 Å². The summed E-state index contributed by atoms with van der Waals surface area (Å²) >= 11 is 5.27. The number of thiocarbonyl (C=S) groups is 1. The zero-order valence-corrected chi connectivity index (χ0v) is 16.3. The maximum atomic E-state index is 11.4. The lowest BCUT2D eigenvalue weighted by molar-refractivity contribution is -0.908. The van der Waals surface area contributed by atoms with Crippen molar-refractivity contribution in [3.63, 3.8) is 0 Å². The summed E-state index contributed by atoms with van der Waals surface area (Å²) in [5, 5.41) is 10.8. The number of nitrogens with one attached hydrogen (secondary N) is 4. The van der Waals surface area contributed by atoms with Crippen molar-refractivity contribution in [3.8, 4) is 5.75 Å². The number of ether oxygens (including phenoxy) is 2. The van der Waals surface area contributed by atoms with Gasteiger partial charge in [0.15, 0.2) is 11.7 Å². The van der Waals surface area contributed by atoms with Crippen LogP contribution in [-0.2, 0) is 9.53 Å². The fourth-order valence-corrected chi connectivity index (χ4v) is 3.14. The molecule has 3 rings (SSSR count). The molecule has 0 aromatic heterocycles. The Balaban J connectivity index is 1.42. The maximum Gasteiger partial charge on any atom is 0.262 e. The van der Waals surface area contributed by atoms with Crippen LogP contribution in [0.2, 0.25) is 0 Å². The summed E-state index contributed by atoms with van der Waals surface area (Å²) in [5.41, 5.74) is 5.17. The van der Waals surface area contributed by atoms with Gasteiger partial charge in [-0.15, -0.1) is 0 Å². The first kappa shape index (κ1) is 19.5. The maximum absolute atomic E-state index is 11.4. The SMILES string of the molecule is C/C(=N/NC(=S)NCCC[NH+]1CCOCC1)c1ccc2c(c1)NC(=O)CO2. The van der Waals surface area contributed by atoms with Crippen LogP contribution in [0.5, 0.6) is 5.75 Å². The third kappa shape index (κ3) is 5.88. The Kier molecular flexibility index (Phi) is 6.97. The van der Waals surface area contributed by atoms with Crippen molar-refractivity contribution >= 4 is 34.6 Å². The van der Waals surface area contributed by atoms with Gasteiger partial charge in [-0.05, 0) is 42.9 Å². The number of morpholine rings is 1. The molecule has 0 saturated carbocycles. The number of hydrogen-bond acceptors (Lipinski definition) is 5. The van der Waals surface area contributed by atoms with Crippen molar-refractivity contribution in [2.24, 2.45) is 5.10 Å². The van der Waals surface area contributed by atoms with Crippen LogP contribution in [0.4, 0.5) is 5.69 Å². The number of carbonyl (C=O) groups is 1. The van der Waals surface area contributed by atoms with Crippen LogP contribution in [0.1, 0.15) is 18.9 Å². The van der Waals surface area contributed by atoms with E-state index in [1.54, 1.807) is 4.90 Å². The molecule has 8 nitrogen and oxygen atoms in total. The Hall–Kier alpha value is -2.23. The Morgan fingerprint density at radius 2 is 2.19 bits per heavy atom. The molecule has 2 heterocycles. The molecule has 0 bridgehead atoms. The Morgan fingerprint density at radius 3 is 3.00 bits per heavy atom. The first-order valence-corrected chi connectivity index (χ1v) is 9.59. The van der Waals surface area contributed by atoms with E-state index < -0.39 is 0 Å². The minimum absolute atomic E-state index is 0.0495. The van der Waals surface area contributed by atoms with Gasteiger partial charge >= 0.3 is 0 Å². The summed E-state index contributed by atoms with van der Waals surface area (Å²) < 4.78 is 10.7.